The van der Waals surface area contributed by atoms with Gasteiger partial charge in [0, 0.05) is 63.2 Å². The van der Waals surface area contributed by atoms with E-state index in [1.807, 2.05) is 6.20 Å². The van der Waals surface area contributed by atoms with Crippen LogP contribution in [0, 0.1) is 5.41 Å². The van der Waals surface area contributed by atoms with Gasteiger partial charge in [-0.2, -0.15) is 0 Å². The van der Waals surface area contributed by atoms with Crippen LogP contribution >= 0.6 is 0 Å². The molecule has 3 heterocycles. The molecule has 0 unspecified atom stereocenters. The Hall–Kier alpha value is -6.59. The lowest BCUT2D eigenvalue weighted by Gasteiger charge is -2.31. The molecule has 0 N–H and O–H groups in total. The second-order valence-corrected chi connectivity index (χ2v) is 21.2. The number of allylic oxidation sites excluding steroid dienone is 1. The fraction of sp³-hybridized carbons (Fsp3) is 0.271. The summed E-state index contributed by atoms with van der Waals surface area (Å²) < 4.78 is 9.13. The van der Waals surface area contributed by atoms with E-state index in [2.05, 4.69) is 248 Å². The maximum absolute atomic E-state index is 6.83. The van der Waals surface area contributed by atoms with Crippen LogP contribution in [0.1, 0.15) is 98.4 Å². The predicted molar refractivity (Wildman–Crippen MR) is 270 cm³/mol. The molecule has 8 aromatic rings. The lowest BCUT2D eigenvalue weighted by Crippen LogP contribution is -2.30. The first-order valence-corrected chi connectivity index (χ1v) is 22.7. The largest absolute Gasteiger partial charge is 0.457 e. The van der Waals surface area contributed by atoms with E-state index in [1.54, 1.807) is 0 Å². The summed E-state index contributed by atoms with van der Waals surface area (Å²) in [4.78, 5) is 9.79. The summed E-state index contributed by atoms with van der Waals surface area (Å²) in [6.45, 7) is 25.8. The molecular weight excluding hydrogens is 781 g/mol. The highest BCUT2D eigenvalue weighted by Gasteiger charge is 2.33. The molecule has 1 aliphatic rings. The molecule has 2 aromatic heterocycles. The summed E-state index contributed by atoms with van der Waals surface area (Å²) in [5.41, 5.74) is 12.9. The van der Waals surface area contributed by atoms with Gasteiger partial charge in [0.05, 0.1) is 17.7 Å². The van der Waals surface area contributed by atoms with Crippen molar-refractivity contribution < 1.29 is 4.74 Å². The molecule has 0 saturated heterocycles. The number of rotatable bonds is 8. The van der Waals surface area contributed by atoms with Gasteiger partial charge < -0.3 is 14.5 Å². The number of benzene rings is 6. The molecule has 0 spiro atoms. The fourth-order valence-corrected chi connectivity index (χ4v) is 9.05. The third-order valence-corrected chi connectivity index (χ3v) is 13.0. The number of fused-ring (bicyclic) bond motifs is 3. The summed E-state index contributed by atoms with van der Waals surface area (Å²) in [6, 6.07) is 54.9. The van der Waals surface area contributed by atoms with Gasteiger partial charge in [-0.25, -0.2) is 4.98 Å². The maximum Gasteiger partial charge on any atom is 0.137 e. The van der Waals surface area contributed by atoms with Crippen molar-refractivity contribution in [3.63, 3.8) is 0 Å². The van der Waals surface area contributed by atoms with Gasteiger partial charge in [-0.1, -0.05) is 155 Å². The van der Waals surface area contributed by atoms with Crippen LogP contribution in [0.15, 0.2) is 170 Å². The van der Waals surface area contributed by atoms with Crippen LogP contribution in [-0.2, 0) is 16.2 Å². The number of anilines is 2. The number of nitrogens with zero attached hydrogens (tertiary/aromatic N) is 4. The lowest BCUT2D eigenvalue weighted by molar-refractivity contribution is 0.481. The van der Waals surface area contributed by atoms with E-state index in [4.69, 9.17) is 9.72 Å². The molecule has 0 aliphatic carbocycles. The standard InChI is InChI=1S/C59H62N4O/c1-56(2,3)43-25-28-52-51(34-43)50-27-26-49(37-53(50)63(52)55-35-44(29-30-60-55)57(4,5)6)64-48-24-18-23-46(36-48)62-39-61(38-54(62)58(7,8)9)47-32-41(40-19-14-12-15-20-40)31-45(33-47)59(10,11)42-21-16-13-17-22-42/h12-38H,39H2,1-11H3. The van der Waals surface area contributed by atoms with Crippen LogP contribution in [-0.4, -0.2) is 16.2 Å². The van der Waals surface area contributed by atoms with E-state index >= 15 is 0 Å². The first-order valence-electron chi connectivity index (χ1n) is 22.7. The van der Waals surface area contributed by atoms with Crippen molar-refractivity contribution in [2.45, 2.75) is 92.4 Å². The second-order valence-electron chi connectivity index (χ2n) is 21.2. The predicted octanol–water partition coefficient (Wildman–Crippen LogP) is 15.7. The molecule has 0 fully saturated rings. The minimum absolute atomic E-state index is 0.0159. The molecule has 0 atom stereocenters. The lowest BCUT2D eigenvalue weighted by atomic mass is 9.77. The Labute approximate surface area is 380 Å². The average molecular weight is 843 g/mol. The summed E-state index contributed by atoms with van der Waals surface area (Å²) in [5, 5.41) is 2.39. The van der Waals surface area contributed by atoms with Crippen molar-refractivity contribution >= 4 is 33.2 Å². The Morgan fingerprint density at radius 1 is 0.469 bits per heavy atom. The smallest absolute Gasteiger partial charge is 0.137 e. The third kappa shape index (κ3) is 8.20. The summed E-state index contributed by atoms with van der Waals surface area (Å²) >= 11 is 0. The Morgan fingerprint density at radius 2 is 1.16 bits per heavy atom. The number of aromatic nitrogens is 2. The van der Waals surface area contributed by atoms with Crippen LogP contribution < -0.4 is 14.5 Å². The molecule has 9 rings (SSSR count). The topological polar surface area (TPSA) is 33.5 Å². The van der Waals surface area contributed by atoms with E-state index in [9.17, 15) is 0 Å². The number of ether oxygens (including phenoxy) is 1. The Bertz CT molecular complexity index is 3030. The Kier molecular flexibility index (Phi) is 10.6. The molecule has 0 amide bonds. The van der Waals surface area contributed by atoms with E-state index < -0.39 is 0 Å². The molecular formula is C59H62N4O. The van der Waals surface area contributed by atoms with Crippen molar-refractivity contribution in [1.29, 1.82) is 0 Å². The molecule has 0 radical (unpaired) electrons. The zero-order valence-corrected chi connectivity index (χ0v) is 39.5. The highest BCUT2D eigenvalue weighted by atomic mass is 16.5. The number of hydrogen-bond acceptors (Lipinski definition) is 4. The molecule has 64 heavy (non-hydrogen) atoms. The highest BCUT2D eigenvalue weighted by Crippen LogP contribution is 2.43. The zero-order valence-electron chi connectivity index (χ0n) is 39.5. The number of hydrogen-bond donors (Lipinski definition) is 0. The highest BCUT2D eigenvalue weighted by molar-refractivity contribution is 6.09. The molecule has 5 heteroatoms. The average Bonchev–Trinajstić information content (AvgIpc) is 3.87. The van der Waals surface area contributed by atoms with Gasteiger partial charge in [0.25, 0.3) is 0 Å². The Balaban J connectivity index is 1.08. The van der Waals surface area contributed by atoms with Crippen molar-refractivity contribution in [2.75, 3.05) is 16.5 Å². The monoisotopic (exact) mass is 842 g/mol. The van der Waals surface area contributed by atoms with Gasteiger partial charge >= 0.3 is 0 Å². The van der Waals surface area contributed by atoms with E-state index in [1.165, 1.54) is 49.9 Å². The van der Waals surface area contributed by atoms with Gasteiger partial charge in [0.2, 0.25) is 0 Å². The quantitative estimate of drug-likeness (QED) is 0.153. The number of pyridine rings is 1. The first-order chi connectivity index (χ1) is 30.3. The SMILES string of the molecule is CC(C)(C)C1=CN(c2cc(-c3ccccc3)cc(C(C)(C)c3ccccc3)c2)CN1c1cccc(Oc2ccc3c4cc(C(C)(C)C)ccc4n(-c4cc(C(C)(C)C)ccn4)c3c2)c1. The maximum atomic E-state index is 6.83. The van der Waals surface area contributed by atoms with Crippen molar-refractivity contribution in [3.05, 3.63) is 192 Å². The van der Waals surface area contributed by atoms with Crippen molar-refractivity contribution in [1.82, 2.24) is 9.55 Å². The summed E-state index contributed by atoms with van der Waals surface area (Å²) in [5.74, 6) is 2.46. The summed E-state index contributed by atoms with van der Waals surface area (Å²) in [7, 11) is 0. The van der Waals surface area contributed by atoms with Crippen LogP contribution in [0.5, 0.6) is 11.5 Å². The molecule has 1 aliphatic heterocycles. The second kappa shape index (κ2) is 15.9. The normalized spacial score (nSPS) is 13.8. The Morgan fingerprint density at radius 3 is 1.86 bits per heavy atom. The van der Waals surface area contributed by atoms with Gasteiger partial charge in [-0.15, -0.1) is 0 Å². The van der Waals surface area contributed by atoms with E-state index in [0.29, 0.717) is 6.67 Å². The van der Waals surface area contributed by atoms with Crippen LogP contribution in [0.4, 0.5) is 11.4 Å². The van der Waals surface area contributed by atoms with Gasteiger partial charge in [-0.3, -0.25) is 4.57 Å². The van der Waals surface area contributed by atoms with Gasteiger partial charge in [0.1, 0.15) is 17.3 Å². The minimum Gasteiger partial charge on any atom is -0.457 e. The molecule has 0 bridgehead atoms. The van der Waals surface area contributed by atoms with Crippen molar-refractivity contribution in [3.8, 4) is 28.4 Å². The minimum atomic E-state index is -0.206. The molecule has 324 valence electrons. The summed E-state index contributed by atoms with van der Waals surface area (Å²) in [6.07, 6.45) is 4.28. The zero-order chi connectivity index (χ0) is 45.2. The fourth-order valence-electron chi connectivity index (χ4n) is 9.05. The van der Waals surface area contributed by atoms with E-state index in [-0.39, 0.29) is 21.7 Å². The van der Waals surface area contributed by atoms with E-state index in [0.717, 1.165) is 39.7 Å². The first kappa shape index (κ1) is 42.7. The van der Waals surface area contributed by atoms with Gasteiger partial charge in [0.15, 0.2) is 0 Å². The van der Waals surface area contributed by atoms with Crippen LogP contribution in [0.25, 0.3) is 38.8 Å². The molecule has 0 saturated carbocycles. The van der Waals surface area contributed by atoms with Crippen LogP contribution in [0.2, 0.25) is 0 Å². The third-order valence-electron chi connectivity index (χ3n) is 13.0. The van der Waals surface area contributed by atoms with Crippen molar-refractivity contribution in [2.24, 2.45) is 5.41 Å². The molecule has 6 aromatic carbocycles. The molecule has 5 nitrogen and oxygen atoms in total. The van der Waals surface area contributed by atoms with Crippen LogP contribution in [0.3, 0.4) is 0 Å². The van der Waals surface area contributed by atoms with Gasteiger partial charge in [-0.05, 0) is 105 Å².